The van der Waals surface area contributed by atoms with Crippen molar-refractivity contribution in [2.75, 3.05) is 0 Å². The van der Waals surface area contributed by atoms with Gasteiger partial charge in [-0.1, -0.05) is 18.7 Å². The predicted molar refractivity (Wildman–Crippen MR) is 74.0 cm³/mol. The maximum absolute atomic E-state index is 4.15. The quantitative estimate of drug-likeness (QED) is 0.736. The van der Waals surface area contributed by atoms with Crippen molar-refractivity contribution in [1.82, 2.24) is 15.2 Å². The molecule has 0 fully saturated rings. The molecule has 88 valence electrons. The molecule has 3 rings (SSSR count). The first-order valence-electron chi connectivity index (χ1n) is 5.79. The van der Waals surface area contributed by atoms with Crippen LogP contribution in [0.1, 0.15) is 12.6 Å². The lowest BCUT2D eigenvalue weighted by Gasteiger charge is -2.04. The van der Waals surface area contributed by atoms with Crippen molar-refractivity contribution < 1.29 is 0 Å². The monoisotopic (exact) mass is 235 g/mol. The molecule has 0 unspecified atom stereocenters. The number of hydrogen-bond acceptors (Lipinski definition) is 2. The van der Waals surface area contributed by atoms with E-state index in [-0.39, 0.29) is 0 Å². The molecule has 3 nitrogen and oxygen atoms in total. The van der Waals surface area contributed by atoms with Crippen LogP contribution in [0, 0.1) is 0 Å². The second kappa shape index (κ2) is 4.11. The third-order valence-corrected chi connectivity index (χ3v) is 3.02. The van der Waals surface area contributed by atoms with Crippen LogP contribution in [-0.2, 0) is 0 Å². The van der Waals surface area contributed by atoms with Gasteiger partial charge >= 0.3 is 0 Å². The van der Waals surface area contributed by atoms with Crippen LogP contribution < -0.4 is 0 Å². The summed E-state index contributed by atoms with van der Waals surface area (Å²) >= 11 is 0. The summed E-state index contributed by atoms with van der Waals surface area (Å²) in [6, 6.07) is 8.33. The fraction of sp³-hybridized carbons (Fsp3) is 0.0667. The highest BCUT2D eigenvalue weighted by atomic mass is 15.1. The number of rotatable bonds is 2. The average Bonchev–Trinajstić information content (AvgIpc) is 2.87. The first kappa shape index (κ1) is 10.7. The number of fused-ring (bicyclic) bond motifs is 1. The first-order valence-corrected chi connectivity index (χ1v) is 5.79. The summed E-state index contributed by atoms with van der Waals surface area (Å²) in [7, 11) is 0. The summed E-state index contributed by atoms with van der Waals surface area (Å²) in [6.07, 6.45) is 5.51. The molecule has 1 aromatic carbocycles. The highest BCUT2D eigenvalue weighted by Gasteiger charge is 2.08. The van der Waals surface area contributed by atoms with E-state index in [2.05, 4.69) is 40.0 Å². The standard InChI is InChI=1S/C15H13N3/c1-10(2)15-14(9-17-18-15)12-4-3-11-5-6-16-8-13(11)7-12/h3-9H,1H2,2H3,(H,17,18). The zero-order valence-electron chi connectivity index (χ0n) is 10.1. The normalized spacial score (nSPS) is 10.7. The average molecular weight is 235 g/mol. The van der Waals surface area contributed by atoms with Gasteiger partial charge in [0, 0.05) is 23.3 Å². The number of H-pyrrole nitrogens is 1. The Morgan fingerprint density at radius 1 is 1.17 bits per heavy atom. The van der Waals surface area contributed by atoms with E-state index in [1.54, 1.807) is 6.20 Å². The molecule has 0 spiro atoms. The van der Waals surface area contributed by atoms with Crippen LogP contribution in [0.2, 0.25) is 0 Å². The molecule has 0 amide bonds. The molecule has 0 radical (unpaired) electrons. The molecule has 0 aliphatic heterocycles. The molecule has 0 aliphatic carbocycles. The molecule has 3 heteroatoms. The highest BCUT2D eigenvalue weighted by Crippen LogP contribution is 2.28. The number of hydrogen-bond donors (Lipinski definition) is 1. The minimum atomic E-state index is 0.980. The minimum absolute atomic E-state index is 0.980. The van der Waals surface area contributed by atoms with Gasteiger partial charge in [-0.2, -0.15) is 5.10 Å². The molecule has 0 saturated heterocycles. The third kappa shape index (κ3) is 1.70. The molecule has 0 saturated carbocycles. The van der Waals surface area contributed by atoms with Crippen LogP contribution in [0.15, 0.2) is 49.4 Å². The predicted octanol–water partition coefficient (Wildman–Crippen LogP) is 3.66. The number of allylic oxidation sites excluding steroid dienone is 1. The molecule has 0 bridgehead atoms. The summed E-state index contributed by atoms with van der Waals surface area (Å²) in [5.41, 5.74) is 4.17. The Bertz CT molecular complexity index is 725. The van der Waals surface area contributed by atoms with E-state index >= 15 is 0 Å². The summed E-state index contributed by atoms with van der Waals surface area (Å²) in [5.74, 6) is 0. The van der Waals surface area contributed by atoms with Crippen molar-refractivity contribution in [3.8, 4) is 11.1 Å². The van der Waals surface area contributed by atoms with Crippen molar-refractivity contribution in [2.24, 2.45) is 0 Å². The van der Waals surface area contributed by atoms with E-state index in [1.165, 1.54) is 5.39 Å². The molecule has 18 heavy (non-hydrogen) atoms. The van der Waals surface area contributed by atoms with Gasteiger partial charge in [-0.3, -0.25) is 10.1 Å². The number of aromatic amines is 1. The van der Waals surface area contributed by atoms with E-state index in [0.29, 0.717) is 0 Å². The van der Waals surface area contributed by atoms with Gasteiger partial charge in [-0.25, -0.2) is 0 Å². The van der Waals surface area contributed by atoms with E-state index in [4.69, 9.17) is 0 Å². The second-order valence-corrected chi connectivity index (χ2v) is 4.38. The van der Waals surface area contributed by atoms with Crippen LogP contribution in [0.25, 0.3) is 27.5 Å². The number of nitrogens with zero attached hydrogens (tertiary/aromatic N) is 2. The van der Waals surface area contributed by atoms with Crippen LogP contribution in [0.3, 0.4) is 0 Å². The molecule has 2 heterocycles. The first-order chi connectivity index (χ1) is 8.75. The molecular weight excluding hydrogens is 222 g/mol. The lowest BCUT2D eigenvalue weighted by molar-refractivity contribution is 1.07. The van der Waals surface area contributed by atoms with Gasteiger partial charge in [0.15, 0.2) is 0 Å². The van der Waals surface area contributed by atoms with Crippen molar-refractivity contribution in [3.63, 3.8) is 0 Å². The van der Waals surface area contributed by atoms with Crippen LogP contribution in [-0.4, -0.2) is 15.2 Å². The van der Waals surface area contributed by atoms with Gasteiger partial charge in [0.05, 0.1) is 11.9 Å². The summed E-state index contributed by atoms with van der Waals surface area (Å²) < 4.78 is 0. The van der Waals surface area contributed by atoms with E-state index in [1.807, 2.05) is 25.4 Å². The number of pyridine rings is 1. The molecular formula is C15H13N3. The Morgan fingerprint density at radius 2 is 2.06 bits per heavy atom. The van der Waals surface area contributed by atoms with Gasteiger partial charge in [0.1, 0.15) is 0 Å². The second-order valence-electron chi connectivity index (χ2n) is 4.38. The minimum Gasteiger partial charge on any atom is -0.278 e. The van der Waals surface area contributed by atoms with Crippen LogP contribution in [0.4, 0.5) is 0 Å². The fourth-order valence-corrected chi connectivity index (χ4v) is 2.08. The Balaban J connectivity index is 2.19. The molecule has 1 N–H and O–H groups in total. The van der Waals surface area contributed by atoms with Gasteiger partial charge in [-0.05, 0) is 35.6 Å². The van der Waals surface area contributed by atoms with Crippen molar-refractivity contribution in [1.29, 1.82) is 0 Å². The lowest BCUT2D eigenvalue weighted by atomic mass is 10.0. The lowest BCUT2D eigenvalue weighted by Crippen LogP contribution is -1.84. The Labute approximate surface area is 105 Å². The van der Waals surface area contributed by atoms with Crippen LogP contribution >= 0.6 is 0 Å². The largest absolute Gasteiger partial charge is 0.278 e. The van der Waals surface area contributed by atoms with Crippen molar-refractivity contribution in [2.45, 2.75) is 6.92 Å². The maximum Gasteiger partial charge on any atom is 0.0679 e. The fourth-order valence-electron chi connectivity index (χ4n) is 2.08. The molecule has 3 aromatic rings. The van der Waals surface area contributed by atoms with Gasteiger partial charge in [0.2, 0.25) is 0 Å². The number of benzene rings is 1. The zero-order valence-corrected chi connectivity index (χ0v) is 10.1. The number of aromatic nitrogens is 3. The van der Waals surface area contributed by atoms with E-state index in [9.17, 15) is 0 Å². The molecule has 2 aromatic heterocycles. The Hall–Kier alpha value is -2.42. The SMILES string of the molecule is C=C(C)c1[nH]ncc1-c1ccc2ccncc2c1. The van der Waals surface area contributed by atoms with E-state index in [0.717, 1.165) is 27.8 Å². The maximum atomic E-state index is 4.15. The van der Waals surface area contributed by atoms with Gasteiger partial charge < -0.3 is 0 Å². The highest BCUT2D eigenvalue weighted by molar-refractivity contribution is 5.88. The molecule has 0 atom stereocenters. The topological polar surface area (TPSA) is 41.6 Å². The van der Waals surface area contributed by atoms with Crippen molar-refractivity contribution >= 4 is 16.3 Å². The zero-order chi connectivity index (χ0) is 12.5. The van der Waals surface area contributed by atoms with Crippen LogP contribution in [0.5, 0.6) is 0 Å². The van der Waals surface area contributed by atoms with E-state index < -0.39 is 0 Å². The molecule has 0 aliphatic rings. The van der Waals surface area contributed by atoms with Gasteiger partial charge in [-0.15, -0.1) is 0 Å². The van der Waals surface area contributed by atoms with Crippen molar-refractivity contribution in [3.05, 3.63) is 55.1 Å². The Kier molecular flexibility index (Phi) is 2.45. The number of nitrogens with one attached hydrogen (secondary N) is 1. The Morgan fingerprint density at radius 3 is 2.89 bits per heavy atom. The summed E-state index contributed by atoms with van der Waals surface area (Å²) in [5, 5.41) is 9.40. The third-order valence-electron chi connectivity index (χ3n) is 3.02. The smallest absolute Gasteiger partial charge is 0.0679 e. The van der Waals surface area contributed by atoms with Gasteiger partial charge in [0.25, 0.3) is 0 Å². The summed E-state index contributed by atoms with van der Waals surface area (Å²) in [6.45, 7) is 5.93. The summed E-state index contributed by atoms with van der Waals surface area (Å²) in [4.78, 5) is 4.15.